The average molecular weight is 449 g/mol. The molecular weight excluding hydrogens is 419 g/mol. The van der Waals surface area contributed by atoms with Crippen LogP contribution in [0.15, 0.2) is 48.5 Å². The number of carbonyl (C=O) groups excluding carboxylic acids is 2. The maximum atomic E-state index is 13.3. The number of rotatable bonds is 4. The lowest BCUT2D eigenvalue weighted by atomic mass is 9.95. The number of carbonyl (C=O) groups is 2. The van der Waals surface area contributed by atoms with Crippen molar-refractivity contribution in [3.8, 4) is 6.07 Å². The van der Waals surface area contributed by atoms with Gasteiger partial charge in [0.15, 0.2) is 0 Å². The number of nitriles is 1. The van der Waals surface area contributed by atoms with Gasteiger partial charge in [-0.25, -0.2) is 4.39 Å². The van der Waals surface area contributed by atoms with Gasteiger partial charge < -0.3 is 14.7 Å². The zero-order chi connectivity index (χ0) is 23.2. The van der Waals surface area contributed by atoms with Crippen LogP contribution in [-0.4, -0.2) is 60.9 Å². The first-order valence-corrected chi connectivity index (χ1v) is 11.6. The molecule has 1 atom stereocenters. The van der Waals surface area contributed by atoms with Crippen molar-refractivity contribution in [2.45, 2.75) is 25.7 Å². The molecule has 2 aliphatic rings. The van der Waals surface area contributed by atoms with E-state index in [9.17, 15) is 14.0 Å². The van der Waals surface area contributed by atoms with E-state index >= 15 is 0 Å². The Morgan fingerprint density at radius 2 is 1.64 bits per heavy atom. The minimum Gasteiger partial charge on any atom is -0.370 e. The fourth-order valence-corrected chi connectivity index (χ4v) is 4.69. The van der Waals surface area contributed by atoms with E-state index in [4.69, 9.17) is 5.26 Å². The summed E-state index contributed by atoms with van der Waals surface area (Å²) in [5, 5.41) is 8.99. The molecule has 0 bridgehead atoms. The summed E-state index contributed by atoms with van der Waals surface area (Å²) in [6.07, 6.45) is 2.72. The fraction of sp³-hybridized carbons (Fsp3) is 0.423. The second-order valence-electron chi connectivity index (χ2n) is 8.81. The topological polar surface area (TPSA) is 67.7 Å². The molecule has 2 amide bonds. The normalized spacial score (nSPS) is 19.0. The number of nitrogens with zero attached hydrogens (tertiary/aromatic N) is 4. The molecule has 1 unspecified atom stereocenters. The molecule has 33 heavy (non-hydrogen) atoms. The van der Waals surface area contributed by atoms with Crippen molar-refractivity contribution in [2.24, 2.45) is 5.92 Å². The number of anilines is 1. The molecule has 7 heteroatoms. The van der Waals surface area contributed by atoms with E-state index in [0.717, 1.165) is 43.6 Å². The summed E-state index contributed by atoms with van der Waals surface area (Å²) in [7, 11) is 0. The Labute approximate surface area is 194 Å². The van der Waals surface area contributed by atoms with Crippen LogP contribution in [-0.2, 0) is 16.0 Å². The molecule has 0 aromatic heterocycles. The summed E-state index contributed by atoms with van der Waals surface area (Å²) in [4.78, 5) is 32.1. The highest BCUT2D eigenvalue weighted by atomic mass is 19.1. The predicted molar refractivity (Wildman–Crippen MR) is 124 cm³/mol. The van der Waals surface area contributed by atoms with Gasteiger partial charge in [0.05, 0.1) is 24.0 Å². The first-order chi connectivity index (χ1) is 16.0. The lowest BCUT2D eigenvalue weighted by Crippen LogP contribution is -2.47. The van der Waals surface area contributed by atoms with Crippen LogP contribution in [0.5, 0.6) is 0 Å². The summed E-state index contributed by atoms with van der Waals surface area (Å²) in [5.41, 5.74) is 2.49. The van der Waals surface area contributed by atoms with Crippen LogP contribution in [0, 0.1) is 23.1 Å². The lowest BCUT2D eigenvalue weighted by molar-refractivity contribution is -0.140. The predicted octanol–water partition coefficient (Wildman–Crippen LogP) is 3.22. The van der Waals surface area contributed by atoms with Crippen LogP contribution in [0.1, 0.15) is 30.4 Å². The number of hydrogen-bond donors (Lipinski definition) is 0. The van der Waals surface area contributed by atoms with Gasteiger partial charge in [-0.15, -0.1) is 0 Å². The van der Waals surface area contributed by atoms with E-state index < -0.39 is 0 Å². The lowest BCUT2D eigenvalue weighted by Gasteiger charge is -2.35. The zero-order valence-electron chi connectivity index (χ0n) is 18.8. The van der Waals surface area contributed by atoms with Crippen LogP contribution in [0.3, 0.4) is 0 Å². The maximum Gasteiger partial charge on any atom is 0.227 e. The molecular formula is C26H29FN4O2. The van der Waals surface area contributed by atoms with Crippen LogP contribution in [0.4, 0.5) is 10.1 Å². The largest absolute Gasteiger partial charge is 0.370 e. The van der Waals surface area contributed by atoms with Gasteiger partial charge in [-0.1, -0.05) is 12.1 Å². The zero-order valence-corrected chi connectivity index (χ0v) is 18.8. The molecule has 0 spiro atoms. The molecule has 0 radical (unpaired) electrons. The molecule has 0 N–H and O–H groups in total. The second-order valence-corrected chi connectivity index (χ2v) is 8.81. The number of halogens is 1. The van der Waals surface area contributed by atoms with Crippen molar-refractivity contribution < 1.29 is 14.0 Å². The van der Waals surface area contributed by atoms with E-state index in [1.54, 1.807) is 17.0 Å². The molecule has 172 valence electrons. The van der Waals surface area contributed by atoms with Gasteiger partial charge in [0.2, 0.25) is 11.8 Å². The molecule has 2 saturated heterocycles. The quantitative estimate of drug-likeness (QED) is 0.720. The Morgan fingerprint density at radius 3 is 2.36 bits per heavy atom. The van der Waals surface area contributed by atoms with Crippen molar-refractivity contribution >= 4 is 17.5 Å². The van der Waals surface area contributed by atoms with Gasteiger partial charge in [-0.2, -0.15) is 5.26 Å². The first kappa shape index (κ1) is 22.8. The molecule has 2 heterocycles. The molecule has 2 fully saturated rings. The Hall–Kier alpha value is -3.40. The average Bonchev–Trinajstić information content (AvgIpc) is 3.11. The monoisotopic (exact) mass is 448 g/mol. The highest BCUT2D eigenvalue weighted by Gasteiger charge is 2.32. The summed E-state index contributed by atoms with van der Waals surface area (Å²) >= 11 is 0. The molecule has 2 aliphatic heterocycles. The van der Waals surface area contributed by atoms with Crippen LogP contribution in [0.2, 0.25) is 0 Å². The summed E-state index contributed by atoms with van der Waals surface area (Å²) < 4.78 is 13.1. The molecule has 6 nitrogen and oxygen atoms in total. The molecule has 2 aromatic rings. The molecule has 2 aromatic carbocycles. The number of likely N-dealkylation sites (tertiary alicyclic amines) is 1. The standard InChI is InChI=1S/C26H29FN4O2/c27-23-8-4-20(5-9-23)17-25(32)31-12-1-3-22(19-31)26(33)30-14-2-13-29(15-16-30)24-10-6-21(18-28)7-11-24/h4-11,22H,1-3,12-17,19H2. The third-order valence-corrected chi connectivity index (χ3v) is 6.56. The van der Waals surface area contributed by atoms with Crippen molar-refractivity contribution in [3.05, 3.63) is 65.5 Å². The van der Waals surface area contributed by atoms with Gasteiger partial charge in [0, 0.05) is 45.0 Å². The van der Waals surface area contributed by atoms with Crippen LogP contribution in [0.25, 0.3) is 0 Å². The SMILES string of the molecule is N#Cc1ccc(N2CCCN(C(=O)C3CCCN(C(=O)Cc4ccc(F)cc4)C3)CC2)cc1. The van der Waals surface area contributed by atoms with Gasteiger partial charge >= 0.3 is 0 Å². The third kappa shape index (κ3) is 5.70. The second kappa shape index (κ2) is 10.5. The Balaban J connectivity index is 1.32. The van der Waals surface area contributed by atoms with Gasteiger partial charge in [-0.3, -0.25) is 9.59 Å². The van der Waals surface area contributed by atoms with E-state index in [1.807, 2.05) is 29.2 Å². The number of hydrogen-bond acceptors (Lipinski definition) is 4. The first-order valence-electron chi connectivity index (χ1n) is 11.6. The highest BCUT2D eigenvalue weighted by Crippen LogP contribution is 2.22. The third-order valence-electron chi connectivity index (χ3n) is 6.56. The molecule has 0 aliphatic carbocycles. The van der Waals surface area contributed by atoms with Gasteiger partial charge in [0.25, 0.3) is 0 Å². The molecule has 0 saturated carbocycles. The van der Waals surface area contributed by atoms with Crippen molar-refractivity contribution in [1.29, 1.82) is 5.26 Å². The maximum absolute atomic E-state index is 13.3. The summed E-state index contributed by atoms with van der Waals surface area (Å²) in [6.45, 7) is 4.09. The number of piperidine rings is 1. The number of amides is 2. The van der Waals surface area contributed by atoms with E-state index in [1.165, 1.54) is 12.1 Å². The molecule has 4 rings (SSSR count). The van der Waals surface area contributed by atoms with Crippen molar-refractivity contribution in [1.82, 2.24) is 9.80 Å². The van der Waals surface area contributed by atoms with E-state index in [0.29, 0.717) is 31.7 Å². The van der Waals surface area contributed by atoms with Crippen LogP contribution >= 0.6 is 0 Å². The Morgan fingerprint density at radius 1 is 0.909 bits per heavy atom. The summed E-state index contributed by atoms with van der Waals surface area (Å²) in [6, 6.07) is 15.7. The van der Waals surface area contributed by atoms with Crippen molar-refractivity contribution in [2.75, 3.05) is 44.2 Å². The van der Waals surface area contributed by atoms with Crippen LogP contribution < -0.4 is 4.90 Å². The van der Waals surface area contributed by atoms with E-state index in [2.05, 4.69) is 11.0 Å². The highest BCUT2D eigenvalue weighted by molar-refractivity contribution is 5.82. The Kier molecular flexibility index (Phi) is 7.23. The van der Waals surface area contributed by atoms with Gasteiger partial charge in [0.1, 0.15) is 5.82 Å². The fourth-order valence-electron chi connectivity index (χ4n) is 4.69. The summed E-state index contributed by atoms with van der Waals surface area (Å²) in [5.74, 6) is -0.361. The minimum atomic E-state index is -0.315. The smallest absolute Gasteiger partial charge is 0.227 e. The van der Waals surface area contributed by atoms with Crippen molar-refractivity contribution in [3.63, 3.8) is 0 Å². The van der Waals surface area contributed by atoms with Gasteiger partial charge in [-0.05, 0) is 61.2 Å². The Bertz CT molecular complexity index is 1020. The minimum absolute atomic E-state index is 0.0121. The number of benzene rings is 2. The van der Waals surface area contributed by atoms with E-state index in [-0.39, 0.29) is 30.0 Å².